The summed E-state index contributed by atoms with van der Waals surface area (Å²) in [5, 5.41) is 14.0. The van der Waals surface area contributed by atoms with Crippen LogP contribution in [0.2, 0.25) is 0 Å². The summed E-state index contributed by atoms with van der Waals surface area (Å²) < 4.78 is 5.65. The van der Waals surface area contributed by atoms with Crippen molar-refractivity contribution in [1.82, 2.24) is 5.32 Å². The van der Waals surface area contributed by atoms with Crippen molar-refractivity contribution in [2.45, 2.75) is 58.1 Å². The van der Waals surface area contributed by atoms with Gasteiger partial charge in [0.05, 0.1) is 12.2 Å². The highest BCUT2D eigenvalue weighted by atomic mass is 16.5. The number of rotatable bonds is 7. The Morgan fingerprint density at radius 2 is 2.29 bits per heavy atom. The average molecular weight is 291 g/mol. The highest BCUT2D eigenvalue weighted by Crippen LogP contribution is 2.31. The molecule has 2 rings (SSSR count). The van der Waals surface area contributed by atoms with Gasteiger partial charge in [-0.2, -0.15) is 0 Å². The van der Waals surface area contributed by atoms with Crippen LogP contribution in [0.4, 0.5) is 0 Å². The number of ether oxygens (including phenoxy) is 1. The second kappa shape index (κ2) is 7.81. The fourth-order valence-corrected chi connectivity index (χ4v) is 3.20. The first kappa shape index (κ1) is 16.3. The maximum Gasteiger partial charge on any atom is 0.119 e. The van der Waals surface area contributed by atoms with E-state index in [1.165, 1.54) is 12.0 Å². The van der Waals surface area contributed by atoms with E-state index in [1.807, 2.05) is 12.1 Å². The standard InChI is InChI=1S/C18H29NO2/c1-3-10-21-17-8-4-7-16(11-17)13-19-14-18(20)9-5-6-15(2)12-18/h4,7-8,11,15,19-20H,3,5-6,9-10,12-14H2,1-2H3. The number of aliphatic hydroxyl groups is 1. The van der Waals surface area contributed by atoms with Gasteiger partial charge in [-0.15, -0.1) is 0 Å². The Hall–Kier alpha value is -1.06. The van der Waals surface area contributed by atoms with Gasteiger partial charge in [-0.3, -0.25) is 0 Å². The minimum absolute atomic E-state index is 0.520. The van der Waals surface area contributed by atoms with Gasteiger partial charge in [0.2, 0.25) is 0 Å². The van der Waals surface area contributed by atoms with Crippen LogP contribution in [0.15, 0.2) is 24.3 Å². The number of benzene rings is 1. The third-order valence-electron chi connectivity index (χ3n) is 4.22. The van der Waals surface area contributed by atoms with Gasteiger partial charge >= 0.3 is 0 Å². The Morgan fingerprint density at radius 3 is 3.05 bits per heavy atom. The molecule has 0 heterocycles. The molecular formula is C18H29NO2. The Labute approximate surface area is 128 Å². The minimum Gasteiger partial charge on any atom is -0.494 e. The van der Waals surface area contributed by atoms with E-state index in [0.29, 0.717) is 12.5 Å². The predicted molar refractivity (Wildman–Crippen MR) is 86.5 cm³/mol. The first-order chi connectivity index (χ1) is 10.1. The molecule has 1 aromatic carbocycles. The molecule has 118 valence electrons. The lowest BCUT2D eigenvalue weighted by molar-refractivity contribution is -0.0119. The summed E-state index contributed by atoms with van der Waals surface area (Å²) in [5.41, 5.74) is 0.685. The molecule has 0 bridgehead atoms. The Kier molecular flexibility index (Phi) is 6.07. The van der Waals surface area contributed by atoms with Crippen LogP contribution in [-0.2, 0) is 6.54 Å². The maximum atomic E-state index is 10.6. The zero-order valence-corrected chi connectivity index (χ0v) is 13.4. The first-order valence-electron chi connectivity index (χ1n) is 8.26. The third kappa shape index (κ3) is 5.33. The van der Waals surface area contributed by atoms with Crippen molar-refractivity contribution in [3.63, 3.8) is 0 Å². The van der Waals surface area contributed by atoms with Gasteiger partial charge in [0, 0.05) is 13.1 Å². The zero-order valence-electron chi connectivity index (χ0n) is 13.4. The molecule has 0 aromatic heterocycles. The van der Waals surface area contributed by atoms with Crippen molar-refractivity contribution in [2.75, 3.05) is 13.2 Å². The zero-order chi connectivity index (χ0) is 15.1. The van der Waals surface area contributed by atoms with Crippen LogP contribution < -0.4 is 10.1 Å². The van der Waals surface area contributed by atoms with Crippen molar-refractivity contribution in [2.24, 2.45) is 5.92 Å². The molecule has 0 spiro atoms. The number of hydrogen-bond acceptors (Lipinski definition) is 3. The van der Waals surface area contributed by atoms with Crippen molar-refractivity contribution in [3.05, 3.63) is 29.8 Å². The van der Waals surface area contributed by atoms with E-state index in [4.69, 9.17) is 4.74 Å². The van der Waals surface area contributed by atoms with Gasteiger partial charge in [0.1, 0.15) is 5.75 Å². The van der Waals surface area contributed by atoms with Gasteiger partial charge in [0.25, 0.3) is 0 Å². The average Bonchev–Trinajstić information content (AvgIpc) is 2.45. The number of hydrogen-bond donors (Lipinski definition) is 2. The van der Waals surface area contributed by atoms with Crippen LogP contribution in [0.5, 0.6) is 5.75 Å². The molecule has 0 radical (unpaired) electrons. The minimum atomic E-state index is -0.520. The lowest BCUT2D eigenvalue weighted by atomic mass is 9.79. The molecule has 1 aromatic rings. The fraction of sp³-hybridized carbons (Fsp3) is 0.667. The van der Waals surface area contributed by atoms with Gasteiger partial charge in [0.15, 0.2) is 0 Å². The monoisotopic (exact) mass is 291 g/mol. The summed E-state index contributed by atoms with van der Waals surface area (Å²) in [7, 11) is 0. The summed E-state index contributed by atoms with van der Waals surface area (Å²) in [6.45, 7) is 6.56. The SMILES string of the molecule is CCCOc1cccc(CNCC2(O)CCCC(C)C2)c1. The van der Waals surface area contributed by atoms with Crippen LogP contribution >= 0.6 is 0 Å². The molecule has 2 atom stereocenters. The van der Waals surface area contributed by atoms with Gasteiger partial charge in [-0.05, 0) is 42.9 Å². The van der Waals surface area contributed by atoms with Gasteiger partial charge < -0.3 is 15.2 Å². The highest BCUT2D eigenvalue weighted by molar-refractivity contribution is 5.28. The third-order valence-corrected chi connectivity index (χ3v) is 4.22. The van der Waals surface area contributed by atoms with E-state index in [9.17, 15) is 5.11 Å². The van der Waals surface area contributed by atoms with Crippen LogP contribution in [0, 0.1) is 5.92 Å². The van der Waals surface area contributed by atoms with Crippen LogP contribution in [0.1, 0.15) is 51.5 Å². The molecule has 1 fully saturated rings. The van der Waals surface area contributed by atoms with Crippen molar-refractivity contribution < 1.29 is 9.84 Å². The van der Waals surface area contributed by atoms with E-state index in [-0.39, 0.29) is 0 Å². The van der Waals surface area contributed by atoms with E-state index >= 15 is 0 Å². The molecule has 21 heavy (non-hydrogen) atoms. The largest absolute Gasteiger partial charge is 0.494 e. The molecule has 2 N–H and O–H groups in total. The van der Waals surface area contributed by atoms with Crippen LogP contribution in [0.25, 0.3) is 0 Å². The summed E-state index contributed by atoms with van der Waals surface area (Å²) in [5.74, 6) is 1.57. The van der Waals surface area contributed by atoms with Crippen molar-refractivity contribution in [1.29, 1.82) is 0 Å². The molecule has 3 heteroatoms. The lowest BCUT2D eigenvalue weighted by Gasteiger charge is -2.35. The molecule has 1 saturated carbocycles. The smallest absolute Gasteiger partial charge is 0.119 e. The Morgan fingerprint density at radius 1 is 1.43 bits per heavy atom. The van der Waals surface area contributed by atoms with Crippen molar-refractivity contribution in [3.8, 4) is 5.75 Å². The summed E-state index contributed by atoms with van der Waals surface area (Å²) >= 11 is 0. The molecule has 2 unspecified atom stereocenters. The predicted octanol–water partition coefficient (Wildman–Crippen LogP) is 3.51. The first-order valence-corrected chi connectivity index (χ1v) is 8.26. The fourth-order valence-electron chi connectivity index (χ4n) is 3.20. The molecular weight excluding hydrogens is 262 g/mol. The highest BCUT2D eigenvalue weighted by Gasteiger charge is 2.31. The molecule has 0 saturated heterocycles. The van der Waals surface area contributed by atoms with Crippen LogP contribution in [-0.4, -0.2) is 23.9 Å². The normalized spacial score (nSPS) is 25.8. The van der Waals surface area contributed by atoms with Crippen LogP contribution in [0.3, 0.4) is 0 Å². The molecule has 1 aliphatic rings. The van der Waals surface area contributed by atoms with E-state index < -0.39 is 5.60 Å². The quantitative estimate of drug-likeness (QED) is 0.808. The maximum absolute atomic E-state index is 10.6. The van der Waals surface area contributed by atoms with E-state index in [0.717, 1.165) is 44.6 Å². The summed E-state index contributed by atoms with van der Waals surface area (Å²) in [4.78, 5) is 0. The van der Waals surface area contributed by atoms with Gasteiger partial charge in [-0.25, -0.2) is 0 Å². The molecule has 3 nitrogen and oxygen atoms in total. The van der Waals surface area contributed by atoms with Crippen molar-refractivity contribution >= 4 is 0 Å². The number of nitrogens with one attached hydrogen (secondary N) is 1. The second-order valence-electron chi connectivity index (χ2n) is 6.53. The second-order valence-corrected chi connectivity index (χ2v) is 6.53. The summed E-state index contributed by atoms with van der Waals surface area (Å²) in [6, 6.07) is 8.20. The van der Waals surface area contributed by atoms with Gasteiger partial charge in [-0.1, -0.05) is 38.8 Å². The topological polar surface area (TPSA) is 41.5 Å². The molecule has 1 aliphatic carbocycles. The molecule has 0 amide bonds. The van der Waals surface area contributed by atoms with E-state index in [1.54, 1.807) is 0 Å². The molecule has 0 aliphatic heterocycles. The van der Waals surface area contributed by atoms with E-state index in [2.05, 4.69) is 31.3 Å². The summed E-state index contributed by atoms with van der Waals surface area (Å²) in [6.07, 6.45) is 5.25. The lowest BCUT2D eigenvalue weighted by Crippen LogP contribution is -2.43. The Balaban J connectivity index is 1.80. The Bertz CT molecular complexity index is 435.